The summed E-state index contributed by atoms with van der Waals surface area (Å²) in [6, 6.07) is 16.0. The smallest absolute Gasteiger partial charge is 0.214 e. The highest BCUT2D eigenvalue weighted by molar-refractivity contribution is 5.85. The fourth-order valence-corrected chi connectivity index (χ4v) is 2.98. The summed E-state index contributed by atoms with van der Waals surface area (Å²) < 4.78 is 2.03. The maximum absolute atomic E-state index is 11.2. The van der Waals surface area contributed by atoms with Gasteiger partial charge in [0.1, 0.15) is 0 Å². The topological polar surface area (TPSA) is 48.1 Å². The van der Waals surface area contributed by atoms with Gasteiger partial charge in [-0.05, 0) is 24.1 Å². The van der Waals surface area contributed by atoms with E-state index in [1.807, 2.05) is 73.3 Å². The molecule has 0 aliphatic heterocycles. The van der Waals surface area contributed by atoms with Crippen LogP contribution in [0.3, 0.4) is 0 Å². The van der Waals surface area contributed by atoms with Crippen molar-refractivity contribution in [2.45, 2.75) is 12.8 Å². The highest BCUT2D eigenvalue weighted by atomic mass is 16.6. The number of fused-ring (bicyclic) bond motifs is 1. The molecule has 1 heterocycles. The Hall–Kier alpha value is -2.62. The van der Waals surface area contributed by atoms with Gasteiger partial charge in [0.05, 0.1) is 5.92 Å². The molecule has 3 rings (SSSR count). The molecule has 0 N–H and O–H groups in total. The zero-order valence-corrected chi connectivity index (χ0v) is 12.7. The van der Waals surface area contributed by atoms with E-state index < -0.39 is 0 Å². The van der Waals surface area contributed by atoms with Crippen LogP contribution in [0.1, 0.15) is 22.6 Å². The van der Waals surface area contributed by atoms with Gasteiger partial charge >= 0.3 is 0 Å². The van der Waals surface area contributed by atoms with Gasteiger partial charge in [0, 0.05) is 29.1 Å². The average molecular weight is 294 g/mol. The molecule has 22 heavy (non-hydrogen) atoms. The number of benzene rings is 2. The lowest BCUT2D eigenvalue weighted by atomic mass is 9.90. The quantitative estimate of drug-likeness (QED) is 0.541. The van der Waals surface area contributed by atoms with E-state index in [2.05, 4.69) is 0 Å². The standard InChI is InChI=1S/C18H18N2O2/c1-13-7-9-14(10-8-13)16(12-20(21)22)17-11-19(2)18-6-4-3-5-15(17)18/h3-11,16H,12H2,1-2H3. The van der Waals surface area contributed by atoms with E-state index in [1.54, 1.807) is 0 Å². The Bertz CT molecular complexity index is 819. The van der Waals surface area contributed by atoms with Gasteiger partial charge in [0.15, 0.2) is 0 Å². The Morgan fingerprint density at radius 3 is 2.50 bits per heavy atom. The fourth-order valence-electron chi connectivity index (χ4n) is 2.98. The Morgan fingerprint density at radius 1 is 1.14 bits per heavy atom. The molecule has 1 aromatic heterocycles. The summed E-state index contributed by atoms with van der Waals surface area (Å²) in [6.45, 7) is 1.92. The molecule has 3 aromatic rings. The van der Waals surface area contributed by atoms with Gasteiger partial charge in [0.2, 0.25) is 6.54 Å². The third-order valence-electron chi connectivity index (χ3n) is 4.11. The lowest BCUT2D eigenvalue weighted by molar-refractivity contribution is -0.481. The predicted molar refractivity (Wildman–Crippen MR) is 87.8 cm³/mol. The molecular weight excluding hydrogens is 276 g/mol. The van der Waals surface area contributed by atoms with Gasteiger partial charge in [-0.25, -0.2) is 0 Å². The van der Waals surface area contributed by atoms with Crippen molar-refractivity contribution in [3.05, 3.63) is 81.5 Å². The first-order valence-electron chi connectivity index (χ1n) is 7.28. The lowest BCUT2D eigenvalue weighted by Gasteiger charge is -2.13. The number of aryl methyl sites for hydroxylation is 2. The molecule has 0 radical (unpaired) electrons. The molecule has 0 aliphatic rings. The van der Waals surface area contributed by atoms with E-state index in [4.69, 9.17) is 0 Å². The van der Waals surface area contributed by atoms with Crippen molar-refractivity contribution in [3.63, 3.8) is 0 Å². The number of hydrogen-bond acceptors (Lipinski definition) is 2. The van der Waals surface area contributed by atoms with Crippen LogP contribution in [0.5, 0.6) is 0 Å². The third-order valence-corrected chi connectivity index (χ3v) is 4.11. The van der Waals surface area contributed by atoms with E-state index in [9.17, 15) is 10.1 Å². The number of rotatable bonds is 4. The Balaban J connectivity index is 2.16. The van der Waals surface area contributed by atoms with Crippen LogP contribution in [-0.4, -0.2) is 16.0 Å². The maximum Gasteiger partial charge on any atom is 0.214 e. The average Bonchev–Trinajstić information content (AvgIpc) is 2.83. The van der Waals surface area contributed by atoms with Crippen LogP contribution in [0.15, 0.2) is 54.7 Å². The van der Waals surface area contributed by atoms with Crippen LogP contribution in [0.25, 0.3) is 10.9 Å². The zero-order valence-electron chi connectivity index (χ0n) is 12.7. The molecule has 4 heteroatoms. The second-order valence-electron chi connectivity index (χ2n) is 5.69. The van der Waals surface area contributed by atoms with Crippen LogP contribution in [0.4, 0.5) is 0 Å². The molecule has 0 saturated carbocycles. The largest absolute Gasteiger partial charge is 0.350 e. The van der Waals surface area contributed by atoms with Gasteiger partial charge in [-0.15, -0.1) is 0 Å². The minimum atomic E-state index is -0.235. The van der Waals surface area contributed by atoms with E-state index >= 15 is 0 Å². The fraction of sp³-hybridized carbons (Fsp3) is 0.222. The summed E-state index contributed by atoms with van der Waals surface area (Å²) in [5.41, 5.74) is 4.25. The van der Waals surface area contributed by atoms with Crippen molar-refractivity contribution >= 4 is 10.9 Å². The molecule has 2 aromatic carbocycles. The minimum Gasteiger partial charge on any atom is -0.350 e. The number of nitro groups is 1. The predicted octanol–water partition coefficient (Wildman–Crippen LogP) is 3.90. The van der Waals surface area contributed by atoms with Crippen molar-refractivity contribution < 1.29 is 4.92 Å². The van der Waals surface area contributed by atoms with Crippen molar-refractivity contribution in [3.8, 4) is 0 Å². The second kappa shape index (κ2) is 5.64. The van der Waals surface area contributed by atoms with Gasteiger partial charge in [0.25, 0.3) is 0 Å². The molecule has 112 valence electrons. The van der Waals surface area contributed by atoms with Crippen LogP contribution in [0, 0.1) is 17.0 Å². The van der Waals surface area contributed by atoms with E-state index in [0.717, 1.165) is 27.6 Å². The summed E-state index contributed by atoms with van der Waals surface area (Å²) in [4.78, 5) is 10.9. The highest BCUT2D eigenvalue weighted by Gasteiger charge is 2.23. The number of aromatic nitrogens is 1. The molecule has 0 bridgehead atoms. The van der Waals surface area contributed by atoms with E-state index in [-0.39, 0.29) is 17.4 Å². The second-order valence-corrected chi connectivity index (χ2v) is 5.69. The van der Waals surface area contributed by atoms with Crippen molar-refractivity contribution in [1.82, 2.24) is 4.57 Å². The number of para-hydroxylation sites is 1. The molecule has 1 unspecified atom stereocenters. The normalized spacial score (nSPS) is 12.5. The first-order valence-corrected chi connectivity index (χ1v) is 7.28. The number of nitrogens with zero attached hydrogens (tertiary/aromatic N) is 2. The van der Waals surface area contributed by atoms with E-state index in [1.165, 1.54) is 0 Å². The molecule has 0 spiro atoms. The van der Waals surface area contributed by atoms with Crippen LogP contribution in [-0.2, 0) is 7.05 Å². The van der Waals surface area contributed by atoms with Crippen molar-refractivity contribution in [2.24, 2.45) is 7.05 Å². The summed E-state index contributed by atoms with van der Waals surface area (Å²) in [5.74, 6) is -0.235. The summed E-state index contributed by atoms with van der Waals surface area (Å²) in [6.07, 6.45) is 2.01. The van der Waals surface area contributed by atoms with Crippen LogP contribution >= 0.6 is 0 Å². The van der Waals surface area contributed by atoms with Gasteiger partial charge < -0.3 is 4.57 Å². The molecule has 0 fully saturated rings. The van der Waals surface area contributed by atoms with Gasteiger partial charge in [-0.2, -0.15) is 0 Å². The SMILES string of the molecule is Cc1ccc(C(C[N+](=O)[O-])c2cn(C)c3ccccc23)cc1. The molecular formula is C18H18N2O2. The van der Waals surface area contributed by atoms with Crippen LogP contribution in [0.2, 0.25) is 0 Å². The van der Waals surface area contributed by atoms with Crippen molar-refractivity contribution in [1.29, 1.82) is 0 Å². The minimum absolute atomic E-state index is 0.100. The maximum atomic E-state index is 11.2. The zero-order chi connectivity index (χ0) is 15.7. The third kappa shape index (κ3) is 2.60. The number of hydrogen-bond donors (Lipinski definition) is 0. The molecule has 1 atom stereocenters. The van der Waals surface area contributed by atoms with Gasteiger partial charge in [-0.3, -0.25) is 10.1 Å². The first-order chi connectivity index (χ1) is 10.6. The molecule has 4 nitrogen and oxygen atoms in total. The summed E-state index contributed by atoms with van der Waals surface area (Å²) >= 11 is 0. The lowest BCUT2D eigenvalue weighted by Crippen LogP contribution is -2.13. The molecule has 0 amide bonds. The van der Waals surface area contributed by atoms with Crippen molar-refractivity contribution in [2.75, 3.05) is 6.54 Å². The summed E-state index contributed by atoms with van der Waals surface area (Å²) in [5, 5.41) is 12.2. The van der Waals surface area contributed by atoms with Gasteiger partial charge in [-0.1, -0.05) is 48.0 Å². The Labute approximate surface area is 129 Å². The Morgan fingerprint density at radius 2 is 1.82 bits per heavy atom. The molecule has 0 saturated heterocycles. The monoisotopic (exact) mass is 294 g/mol. The Kier molecular flexibility index (Phi) is 3.67. The molecule has 0 aliphatic carbocycles. The summed E-state index contributed by atoms with van der Waals surface area (Å²) in [7, 11) is 1.98. The van der Waals surface area contributed by atoms with E-state index in [0.29, 0.717) is 0 Å². The highest BCUT2D eigenvalue weighted by Crippen LogP contribution is 2.32. The van der Waals surface area contributed by atoms with Crippen LogP contribution < -0.4 is 0 Å². The first kappa shape index (κ1) is 14.3.